The number of nitrogens with one attached hydrogen (secondary N) is 1. The van der Waals surface area contributed by atoms with Crippen molar-refractivity contribution in [2.24, 2.45) is 5.92 Å². The van der Waals surface area contributed by atoms with Crippen molar-refractivity contribution in [3.05, 3.63) is 18.0 Å². The first-order chi connectivity index (χ1) is 9.63. The Morgan fingerprint density at radius 1 is 1.30 bits per heavy atom. The second kappa shape index (κ2) is 5.26. The fraction of sp³-hybridized carbons (Fsp3) is 0.643. The normalized spacial score (nSPS) is 26.2. The van der Waals surface area contributed by atoms with Gasteiger partial charge in [0, 0.05) is 12.2 Å². The average Bonchev–Trinajstić information content (AvgIpc) is 3.01. The lowest BCUT2D eigenvalue weighted by Gasteiger charge is -2.32. The van der Waals surface area contributed by atoms with Crippen LogP contribution >= 0.6 is 0 Å². The van der Waals surface area contributed by atoms with Gasteiger partial charge >= 0.3 is 5.97 Å². The molecule has 0 atom stereocenters. The summed E-state index contributed by atoms with van der Waals surface area (Å²) in [5.74, 6) is -1.28. The van der Waals surface area contributed by atoms with Crippen molar-refractivity contribution in [3.8, 4) is 0 Å². The highest BCUT2D eigenvalue weighted by Crippen LogP contribution is 2.29. The summed E-state index contributed by atoms with van der Waals surface area (Å²) in [7, 11) is 0. The van der Waals surface area contributed by atoms with Crippen molar-refractivity contribution in [2.45, 2.75) is 50.6 Å². The quantitative estimate of drug-likeness (QED) is 0.875. The molecular formula is C14H19N3O3. The van der Waals surface area contributed by atoms with E-state index in [0.717, 1.165) is 12.8 Å². The molecule has 1 aromatic heterocycles. The summed E-state index contributed by atoms with van der Waals surface area (Å²) in [5.41, 5.74) is 0.427. The minimum atomic E-state index is -0.777. The lowest BCUT2D eigenvalue weighted by atomic mass is 9.80. The van der Waals surface area contributed by atoms with Gasteiger partial charge in [-0.3, -0.25) is 14.3 Å². The zero-order chi connectivity index (χ0) is 14.1. The first-order valence-electron chi connectivity index (χ1n) is 7.22. The number of carboxylic acid groups (broad SMARTS) is 1. The van der Waals surface area contributed by atoms with Crippen molar-refractivity contribution < 1.29 is 14.7 Å². The molecule has 0 saturated heterocycles. The zero-order valence-electron chi connectivity index (χ0n) is 11.3. The summed E-state index contributed by atoms with van der Waals surface area (Å²) in [4.78, 5) is 22.7. The molecule has 2 fully saturated rings. The number of hydrogen-bond donors (Lipinski definition) is 2. The van der Waals surface area contributed by atoms with Crippen LogP contribution in [0.2, 0.25) is 0 Å². The summed E-state index contributed by atoms with van der Waals surface area (Å²) in [6.45, 7) is 0. The molecule has 0 radical (unpaired) electrons. The molecule has 6 nitrogen and oxygen atoms in total. The van der Waals surface area contributed by atoms with Crippen LogP contribution in [0.3, 0.4) is 0 Å². The molecule has 1 amide bonds. The van der Waals surface area contributed by atoms with E-state index in [4.69, 9.17) is 5.11 Å². The van der Waals surface area contributed by atoms with Gasteiger partial charge in [0.15, 0.2) is 0 Å². The molecule has 20 heavy (non-hydrogen) atoms. The van der Waals surface area contributed by atoms with E-state index in [1.807, 2.05) is 10.9 Å². The van der Waals surface area contributed by atoms with E-state index in [-0.39, 0.29) is 17.9 Å². The third-order valence-electron chi connectivity index (χ3n) is 4.36. The molecule has 108 valence electrons. The van der Waals surface area contributed by atoms with Gasteiger partial charge in [0.25, 0.3) is 5.91 Å². The topological polar surface area (TPSA) is 84.2 Å². The molecule has 2 saturated carbocycles. The summed E-state index contributed by atoms with van der Waals surface area (Å²) >= 11 is 0. The third kappa shape index (κ3) is 2.55. The van der Waals surface area contributed by atoms with Crippen LogP contribution in [0.4, 0.5) is 0 Å². The van der Waals surface area contributed by atoms with Gasteiger partial charge in [0.1, 0.15) is 5.69 Å². The molecule has 2 aliphatic carbocycles. The number of aromatic nitrogens is 2. The van der Waals surface area contributed by atoms with Gasteiger partial charge in [-0.25, -0.2) is 0 Å². The Morgan fingerprint density at radius 3 is 2.65 bits per heavy atom. The van der Waals surface area contributed by atoms with Crippen LogP contribution in [-0.2, 0) is 4.79 Å². The van der Waals surface area contributed by atoms with Crippen molar-refractivity contribution in [1.29, 1.82) is 0 Å². The van der Waals surface area contributed by atoms with Crippen LogP contribution in [0.15, 0.2) is 12.3 Å². The first kappa shape index (κ1) is 13.1. The van der Waals surface area contributed by atoms with E-state index in [0.29, 0.717) is 24.6 Å². The molecule has 2 aliphatic rings. The Labute approximate surface area is 117 Å². The van der Waals surface area contributed by atoms with Gasteiger partial charge in [-0.15, -0.1) is 0 Å². The second-order valence-corrected chi connectivity index (χ2v) is 5.80. The molecule has 0 aromatic carbocycles. The fourth-order valence-electron chi connectivity index (χ4n) is 3.03. The van der Waals surface area contributed by atoms with Gasteiger partial charge in [-0.05, 0) is 31.7 Å². The zero-order valence-corrected chi connectivity index (χ0v) is 11.3. The van der Waals surface area contributed by atoms with E-state index < -0.39 is 5.97 Å². The Bertz CT molecular complexity index is 513. The molecular weight excluding hydrogens is 258 g/mol. The SMILES string of the molecule is O=C(NC1CC(C(=O)O)C1)c1ccn(C2CCCC2)n1. The molecule has 0 unspecified atom stereocenters. The van der Waals surface area contributed by atoms with Crippen LogP contribution in [0.25, 0.3) is 0 Å². The predicted molar refractivity (Wildman–Crippen MR) is 71.3 cm³/mol. The Kier molecular flexibility index (Phi) is 3.46. The van der Waals surface area contributed by atoms with Crippen LogP contribution in [0, 0.1) is 5.92 Å². The second-order valence-electron chi connectivity index (χ2n) is 5.80. The largest absolute Gasteiger partial charge is 0.481 e. The standard InChI is InChI=1S/C14H19N3O3/c18-13(15-10-7-9(8-10)14(19)20)12-5-6-17(16-12)11-3-1-2-4-11/h5-6,9-11H,1-4,7-8H2,(H,15,18)(H,19,20). The van der Waals surface area contributed by atoms with Gasteiger partial charge in [-0.2, -0.15) is 5.10 Å². The highest BCUT2D eigenvalue weighted by atomic mass is 16.4. The maximum Gasteiger partial charge on any atom is 0.306 e. The average molecular weight is 277 g/mol. The number of aliphatic carboxylic acids is 1. The van der Waals surface area contributed by atoms with E-state index in [1.165, 1.54) is 12.8 Å². The number of rotatable bonds is 4. The number of nitrogens with zero attached hydrogens (tertiary/aromatic N) is 2. The van der Waals surface area contributed by atoms with Gasteiger partial charge in [0.2, 0.25) is 0 Å². The number of carboxylic acids is 1. The first-order valence-corrected chi connectivity index (χ1v) is 7.22. The van der Waals surface area contributed by atoms with Gasteiger partial charge in [-0.1, -0.05) is 12.8 Å². The molecule has 1 aromatic rings. The number of amides is 1. The van der Waals surface area contributed by atoms with Gasteiger partial charge in [0.05, 0.1) is 12.0 Å². The van der Waals surface area contributed by atoms with Crippen LogP contribution in [0.1, 0.15) is 55.1 Å². The van der Waals surface area contributed by atoms with Crippen LogP contribution in [-0.4, -0.2) is 32.8 Å². The number of hydrogen-bond acceptors (Lipinski definition) is 3. The minimum absolute atomic E-state index is 0.0276. The monoisotopic (exact) mass is 277 g/mol. The van der Waals surface area contributed by atoms with Crippen molar-refractivity contribution in [3.63, 3.8) is 0 Å². The lowest BCUT2D eigenvalue weighted by Crippen LogP contribution is -2.46. The molecule has 0 aliphatic heterocycles. The molecule has 0 bridgehead atoms. The summed E-state index contributed by atoms with van der Waals surface area (Å²) in [5, 5.41) is 16.0. The molecule has 1 heterocycles. The molecule has 2 N–H and O–H groups in total. The highest BCUT2D eigenvalue weighted by molar-refractivity contribution is 5.92. The van der Waals surface area contributed by atoms with E-state index in [1.54, 1.807) is 6.07 Å². The van der Waals surface area contributed by atoms with Crippen molar-refractivity contribution >= 4 is 11.9 Å². The maximum absolute atomic E-state index is 12.0. The maximum atomic E-state index is 12.0. The Morgan fingerprint density at radius 2 is 2.00 bits per heavy atom. The molecule has 0 spiro atoms. The van der Waals surface area contributed by atoms with E-state index >= 15 is 0 Å². The summed E-state index contributed by atoms with van der Waals surface area (Å²) in [6, 6.07) is 2.14. The van der Waals surface area contributed by atoms with Crippen molar-refractivity contribution in [1.82, 2.24) is 15.1 Å². The van der Waals surface area contributed by atoms with E-state index in [2.05, 4.69) is 10.4 Å². The van der Waals surface area contributed by atoms with E-state index in [9.17, 15) is 9.59 Å². The fourth-order valence-corrected chi connectivity index (χ4v) is 3.03. The highest BCUT2D eigenvalue weighted by Gasteiger charge is 2.35. The number of carbonyl (C=O) groups is 2. The molecule has 6 heteroatoms. The van der Waals surface area contributed by atoms with Gasteiger partial charge < -0.3 is 10.4 Å². The van der Waals surface area contributed by atoms with Crippen LogP contribution in [0.5, 0.6) is 0 Å². The smallest absolute Gasteiger partial charge is 0.306 e. The summed E-state index contributed by atoms with van der Waals surface area (Å²) in [6.07, 6.45) is 7.62. The number of carbonyl (C=O) groups excluding carboxylic acids is 1. The lowest BCUT2D eigenvalue weighted by molar-refractivity contribution is -0.145. The Balaban J connectivity index is 1.54. The van der Waals surface area contributed by atoms with Crippen molar-refractivity contribution in [2.75, 3.05) is 0 Å². The minimum Gasteiger partial charge on any atom is -0.481 e. The third-order valence-corrected chi connectivity index (χ3v) is 4.36. The Hall–Kier alpha value is -1.85. The predicted octanol–water partition coefficient (Wildman–Crippen LogP) is 1.59. The summed E-state index contributed by atoms with van der Waals surface area (Å²) < 4.78 is 1.89. The van der Waals surface area contributed by atoms with Crippen LogP contribution < -0.4 is 5.32 Å². The molecule has 3 rings (SSSR count).